The highest BCUT2D eigenvalue weighted by molar-refractivity contribution is 9.10. The topological polar surface area (TPSA) is 37.8 Å². The summed E-state index contributed by atoms with van der Waals surface area (Å²) in [6, 6.07) is 4.73. The third-order valence-electron chi connectivity index (χ3n) is 2.17. The van der Waals surface area contributed by atoms with Gasteiger partial charge in [0, 0.05) is 23.0 Å². The first-order valence-electron chi connectivity index (χ1n) is 5.12. The van der Waals surface area contributed by atoms with E-state index >= 15 is 0 Å². The van der Waals surface area contributed by atoms with Crippen molar-refractivity contribution in [1.82, 2.24) is 15.5 Å². The number of nitrogens with zero attached hydrogens (tertiary/aromatic N) is 2. The number of hydrogen-bond acceptors (Lipinski definition) is 4. The van der Waals surface area contributed by atoms with Crippen LogP contribution in [0.15, 0.2) is 22.7 Å². The fourth-order valence-corrected chi connectivity index (χ4v) is 2.67. The van der Waals surface area contributed by atoms with Gasteiger partial charge in [-0.3, -0.25) is 0 Å². The van der Waals surface area contributed by atoms with E-state index < -0.39 is 0 Å². The number of likely N-dealkylation sites (N-methyl/N-ethyl adjacent to an activating group) is 1. The molecule has 6 heteroatoms. The van der Waals surface area contributed by atoms with Crippen LogP contribution in [-0.2, 0) is 6.42 Å². The number of nitrogens with one attached hydrogen (secondary N) is 1. The second-order valence-corrected chi connectivity index (χ2v) is 5.49. The number of halogens is 2. The Bertz CT molecular complexity index is 495. The van der Waals surface area contributed by atoms with Crippen LogP contribution in [0, 0.1) is 5.82 Å². The molecular weight excluding hydrogens is 305 g/mol. The maximum atomic E-state index is 13.2. The third-order valence-corrected chi connectivity index (χ3v) is 3.66. The second-order valence-electron chi connectivity index (χ2n) is 3.51. The molecule has 0 aliphatic carbocycles. The minimum Gasteiger partial charge on any atom is -0.319 e. The van der Waals surface area contributed by atoms with Crippen molar-refractivity contribution in [1.29, 1.82) is 0 Å². The van der Waals surface area contributed by atoms with Crippen molar-refractivity contribution in [2.24, 2.45) is 0 Å². The van der Waals surface area contributed by atoms with Crippen molar-refractivity contribution in [2.45, 2.75) is 6.42 Å². The van der Waals surface area contributed by atoms with Gasteiger partial charge in [0.2, 0.25) is 0 Å². The standard InChI is InChI=1S/C11H11BrFN3S/c1-14-3-2-10-15-16-11(17-10)7-4-8(12)6-9(13)5-7/h4-6,14H,2-3H2,1H3. The van der Waals surface area contributed by atoms with E-state index in [-0.39, 0.29) is 5.82 Å². The Balaban J connectivity index is 2.24. The van der Waals surface area contributed by atoms with Gasteiger partial charge in [-0.1, -0.05) is 27.3 Å². The van der Waals surface area contributed by atoms with Crippen molar-refractivity contribution in [2.75, 3.05) is 13.6 Å². The van der Waals surface area contributed by atoms with E-state index in [9.17, 15) is 4.39 Å². The van der Waals surface area contributed by atoms with Crippen LogP contribution in [0.1, 0.15) is 5.01 Å². The summed E-state index contributed by atoms with van der Waals surface area (Å²) in [4.78, 5) is 0. The van der Waals surface area contributed by atoms with E-state index in [1.54, 1.807) is 0 Å². The zero-order valence-corrected chi connectivity index (χ0v) is 11.6. The van der Waals surface area contributed by atoms with Gasteiger partial charge < -0.3 is 5.32 Å². The van der Waals surface area contributed by atoms with Crippen LogP contribution in [0.2, 0.25) is 0 Å². The van der Waals surface area contributed by atoms with Crippen LogP contribution in [-0.4, -0.2) is 23.8 Å². The molecular formula is C11H11BrFN3S. The van der Waals surface area contributed by atoms with Crippen LogP contribution in [0.25, 0.3) is 10.6 Å². The van der Waals surface area contributed by atoms with Crippen molar-refractivity contribution >= 4 is 27.3 Å². The second kappa shape index (κ2) is 5.66. The Kier molecular flexibility index (Phi) is 4.20. The van der Waals surface area contributed by atoms with Gasteiger partial charge in [-0.15, -0.1) is 10.2 Å². The van der Waals surface area contributed by atoms with Crippen LogP contribution >= 0.6 is 27.3 Å². The fourth-order valence-electron chi connectivity index (χ4n) is 1.38. The van der Waals surface area contributed by atoms with Crippen molar-refractivity contribution in [3.8, 4) is 10.6 Å². The summed E-state index contributed by atoms with van der Waals surface area (Å²) in [6.07, 6.45) is 0.838. The normalized spacial score (nSPS) is 10.8. The Hall–Kier alpha value is -0.850. The molecule has 2 aromatic rings. The molecule has 0 aliphatic heterocycles. The van der Waals surface area contributed by atoms with E-state index in [1.807, 2.05) is 13.1 Å². The smallest absolute Gasteiger partial charge is 0.147 e. The Morgan fingerprint density at radius 3 is 2.88 bits per heavy atom. The first-order valence-corrected chi connectivity index (χ1v) is 6.73. The molecule has 0 fully saturated rings. The first kappa shape index (κ1) is 12.6. The van der Waals surface area contributed by atoms with Crippen molar-refractivity contribution in [3.63, 3.8) is 0 Å². The minimum absolute atomic E-state index is 0.277. The monoisotopic (exact) mass is 315 g/mol. The maximum Gasteiger partial charge on any atom is 0.147 e. The molecule has 0 aliphatic rings. The highest BCUT2D eigenvalue weighted by Crippen LogP contribution is 2.27. The third kappa shape index (κ3) is 3.31. The average molecular weight is 316 g/mol. The lowest BCUT2D eigenvalue weighted by atomic mass is 10.2. The quantitative estimate of drug-likeness (QED) is 0.942. The predicted molar refractivity (Wildman–Crippen MR) is 70.6 cm³/mol. The van der Waals surface area contributed by atoms with E-state index in [1.165, 1.54) is 23.5 Å². The average Bonchev–Trinajstić information content (AvgIpc) is 2.73. The number of hydrogen-bond donors (Lipinski definition) is 1. The summed E-state index contributed by atoms with van der Waals surface area (Å²) in [5, 5.41) is 12.9. The number of benzene rings is 1. The van der Waals surface area contributed by atoms with Crippen LogP contribution in [0.4, 0.5) is 4.39 Å². The summed E-state index contributed by atoms with van der Waals surface area (Å²) in [7, 11) is 1.89. The minimum atomic E-state index is -0.277. The molecule has 0 spiro atoms. The first-order chi connectivity index (χ1) is 8.19. The predicted octanol–water partition coefficient (Wildman–Crippen LogP) is 2.87. The van der Waals surface area contributed by atoms with Gasteiger partial charge in [0.25, 0.3) is 0 Å². The highest BCUT2D eigenvalue weighted by Gasteiger charge is 2.08. The van der Waals surface area contributed by atoms with E-state index in [4.69, 9.17) is 0 Å². The molecule has 90 valence electrons. The molecule has 0 saturated carbocycles. The lowest BCUT2D eigenvalue weighted by Crippen LogP contribution is -2.09. The van der Waals surface area contributed by atoms with Gasteiger partial charge in [0.05, 0.1) is 0 Å². The molecule has 0 amide bonds. The van der Waals surface area contributed by atoms with Crippen molar-refractivity contribution in [3.05, 3.63) is 33.5 Å². The number of rotatable bonds is 4. The Morgan fingerprint density at radius 1 is 1.35 bits per heavy atom. The van der Waals surface area contributed by atoms with Gasteiger partial charge >= 0.3 is 0 Å². The molecule has 3 nitrogen and oxygen atoms in total. The molecule has 0 atom stereocenters. The molecule has 1 heterocycles. The van der Waals surface area contributed by atoms with E-state index in [2.05, 4.69) is 31.4 Å². The van der Waals surface area contributed by atoms with E-state index in [0.717, 1.165) is 28.5 Å². The fraction of sp³-hybridized carbons (Fsp3) is 0.273. The molecule has 1 aromatic heterocycles. The molecule has 1 aromatic carbocycles. The molecule has 17 heavy (non-hydrogen) atoms. The number of aromatic nitrogens is 2. The van der Waals surface area contributed by atoms with Crippen LogP contribution in [0.3, 0.4) is 0 Å². The van der Waals surface area contributed by atoms with Gasteiger partial charge in [0.1, 0.15) is 15.8 Å². The van der Waals surface area contributed by atoms with Gasteiger partial charge in [-0.25, -0.2) is 4.39 Å². The molecule has 0 bridgehead atoms. The SMILES string of the molecule is CNCCc1nnc(-c2cc(F)cc(Br)c2)s1. The van der Waals surface area contributed by atoms with E-state index in [0.29, 0.717) is 4.47 Å². The zero-order valence-electron chi connectivity index (χ0n) is 9.20. The molecule has 0 radical (unpaired) electrons. The van der Waals surface area contributed by atoms with Crippen LogP contribution < -0.4 is 5.32 Å². The summed E-state index contributed by atoms with van der Waals surface area (Å²) >= 11 is 4.76. The van der Waals surface area contributed by atoms with Crippen molar-refractivity contribution < 1.29 is 4.39 Å². The molecule has 0 saturated heterocycles. The van der Waals surface area contributed by atoms with Gasteiger partial charge in [-0.05, 0) is 25.2 Å². The maximum absolute atomic E-state index is 13.2. The van der Waals surface area contributed by atoms with Crippen LogP contribution in [0.5, 0.6) is 0 Å². The lowest BCUT2D eigenvalue weighted by molar-refractivity contribution is 0.627. The summed E-state index contributed by atoms with van der Waals surface area (Å²) < 4.78 is 13.9. The Labute approximate surface area is 111 Å². The largest absolute Gasteiger partial charge is 0.319 e. The molecule has 0 unspecified atom stereocenters. The summed E-state index contributed by atoms with van der Waals surface area (Å²) in [5.74, 6) is -0.277. The molecule has 1 N–H and O–H groups in total. The summed E-state index contributed by atoms with van der Waals surface area (Å²) in [6.45, 7) is 0.863. The molecule has 2 rings (SSSR count). The highest BCUT2D eigenvalue weighted by atomic mass is 79.9. The lowest BCUT2D eigenvalue weighted by Gasteiger charge is -1.97. The zero-order chi connectivity index (χ0) is 12.3. The van der Waals surface area contributed by atoms with Gasteiger partial charge in [-0.2, -0.15) is 0 Å². The Morgan fingerprint density at radius 2 is 2.18 bits per heavy atom. The van der Waals surface area contributed by atoms with Gasteiger partial charge in [0.15, 0.2) is 0 Å². The summed E-state index contributed by atoms with van der Waals surface area (Å²) in [5.41, 5.74) is 0.755.